The summed E-state index contributed by atoms with van der Waals surface area (Å²) in [5.74, 6) is -1.46. The summed E-state index contributed by atoms with van der Waals surface area (Å²) >= 11 is 1.49. The molecule has 6 N–H and O–H groups in total. The Morgan fingerprint density at radius 2 is 1.64 bits per heavy atom. The number of nitrogens with zero attached hydrogens (tertiary/aromatic N) is 2. The van der Waals surface area contributed by atoms with Crippen LogP contribution in [-0.4, -0.2) is 83.5 Å². The van der Waals surface area contributed by atoms with Crippen LogP contribution in [0.1, 0.15) is 58.8 Å². The smallest absolute Gasteiger partial charge is 0.407 e. The van der Waals surface area contributed by atoms with Crippen LogP contribution >= 0.6 is 11.3 Å². The molecule has 13 nitrogen and oxygen atoms in total. The molecule has 3 aromatic rings. The summed E-state index contributed by atoms with van der Waals surface area (Å²) in [6, 6.07) is 13.6. The van der Waals surface area contributed by atoms with Crippen molar-refractivity contribution < 1.29 is 33.8 Å². The van der Waals surface area contributed by atoms with Crippen molar-refractivity contribution in [2.45, 2.75) is 78.4 Å². The molecule has 0 fully saturated rings. The Morgan fingerprint density at radius 1 is 0.980 bits per heavy atom. The van der Waals surface area contributed by atoms with Crippen LogP contribution in [0.15, 0.2) is 66.3 Å². The van der Waals surface area contributed by atoms with Gasteiger partial charge in [-0.05, 0) is 41.4 Å². The van der Waals surface area contributed by atoms with Crippen LogP contribution in [0.25, 0.3) is 10.4 Å². The number of hydrogen-bond donors (Lipinski definition) is 5. The Kier molecular flexibility index (Phi) is 14.7. The molecule has 0 bridgehead atoms. The van der Waals surface area contributed by atoms with E-state index in [4.69, 9.17) is 15.2 Å². The highest BCUT2D eigenvalue weighted by molar-refractivity contribution is 7.13. The summed E-state index contributed by atoms with van der Waals surface area (Å²) in [6.45, 7) is 10.4. The van der Waals surface area contributed by atoms with Crippen molar-refractivity contribution in [3.63, 3.8) is 0 Å². The second kappa shape index (κ2) is 18.5. The number of hydrogen-bond acceptors (Lipinski definition) is 10. The fourth-order valence-electron chi connectivity index (χ4n) is 5.31. The molecule has 0 aliphatic carbocycles. The van der Waals surface area contributed by atoms with Gasteiger partial charge < -0.3 is 41.2 Å². The first-order valence-corrected chi connectivity index (χ1v) is 17.4. The molecule has 1 heterocycles. The Bertz CT molecular complexity index is 1530. The highest BCUT2D eigenvalue weighted by Crippen LogP contribution is 2.27. The number of amides is 4. The molecular weight excluding hydrogens is 660 g/mol. The van der Waals surface area contributed by atoms with Gasteiger partial charge in [-0.25, -0.2) is 9.59 Å². The molecule has 1 aromatic heterocycles. The summed E-state index contributed by atoms with van der Waals surface area (Å²) < 4.78 is 9.82. The lowest BCUT2D eigenvalue weighted by Crippen LogP contribution is -2.60. The molecule has 272 valence electrons. The number of nitrogens with two attached hydrogens (primary N) is 1. The third-order valence-electron chi connectivity index (χ3n) is 8.12. The van der Waals surface area contributed by atoms with Crippen LogP contribution in [0.4, 0.5) is 9.59 Å². The molecule has 3 rings (SSSR count). The van der Waals surface area contributed by atoms with E-state index >= 15 is 0 Å². The number of methoxy groups -OCH3 is 1. The Labute approximate surface area is 297 Å². The Hall–Kier alpha value is -4.53. The summed E-state index contributed by atoms with van der Waals surface area (Å²) in [4.78, 5) is 59.2. The maximum atomic E-state index is 14.3. The average Bonchev–Trinajstić information content (AvgIpc) is 3.62. The monoisotopic (exact) mass is 710 g/mol. The minimum absolute atomic E-state index is 0.111. The van der Waals surface area contributed by atoms with E-state index in [9.17, 15) is 24.3 Å². The van der Waals surface area contributed by atoms with Gasteiger partial charge in [-0.3, -0.25) is 14.6 Å². The topological polar surface area (TPSA) is 185 Å². The number of aliphatic hydroxyl groups excluding tert-OH is 1. The molecule has 0 aliphatic heterocycles. The molecule has 2 aromatic carbocycles. The van der Waals surface area contributed by atoms with Gasteiger partial charge in [0.15, 0.2) is 0 Å². The molecule has 0 aliphatic rings. The van der Waals surface area contributed by atoms with Crippen LogP contribution in [0, 0.1) is 11.3 Å². The first-order chi connectivity index (χ1) is 23.7. The fraction of sp³-hybridized carbons (Fsp3) is 0.472. The molecule has 0 saturated carbocycles. The van der Waals surface area contributed by atoms with Crippen molar-refractivity contribution in [1.29, 1.82) is 0 Å². The SMILES string of the molecule is CCOC(=O)N[C@H](C(=O)N(C[C@H](O)[C@H](Cc1ccccc1)NC(=O)[C@@H](NC(=O)OC)C(C)(C)C)C(N)c1ccc(-c2cncs2)cc1)C(C)C. The van der Waals surface area contributed by atoms with Crippen molar-refractivity contribution >= 4 is 35.3 Å². The average molecular weight is 711 g/mol. The molecule has 1 unspecified atom stereocenters. The summed E-state index contributed by atoms with van der Waals surface area (Å²) in [5.41, 5.74) is 10.1. The van der Waals surface area contributed by atoms with Crippen LogP contribution in [-0.2, 0) is 25.5 Å². The third kappa shape index (κ3) is 11.3. The number of thiazole rings is 1. The van der Waals surface area contributed by atoms with Gasteiger partial charge in [0.1, 0.15) is 18.2 Å². The molecular formula is C36H50N6O7S. The van der Waals surface area contributed by atoms with Crippen LogP contribution in [0.3, 0.4) is 0 Å². The predicted molar refractivity (Wildman–Crippen MR) is 192 cm³/mol. The second-order valence-electron chi connectivity index (χ2n) is 13.3. The van der Waals surface area contributed by atoms with Gasteiger partial charge in [-0.2, -0.15) is 0 Å². The largest absolute Gasteiger partial charge is 0.453 e. The van der Waals surface area contributed by atoms with Crippen LogP contribution < -0.4 is 21.7 Å². The van der Waals surface area contributed by atoms with E-state index in [1.54, 1.807) is 65.4 Å². The van der Waals surface area contributed by atoms with Crippen molar-refractivity contribution in [2.24, 2.45) is 17.1 Å². The lowest BCUT2D eigenvalue weighted by Gasteiger charge is -2.37. The summed E-state index contributed by atoms with van der Waals surface area (Å²) in [5, 5.41) is 20.1. The zero-order valence-electron chi connectivity index (χ0n) is 29.7. The maximum Gasteiger partial charge on any atom is 0.407 e. The van der Waals surface area contributed by atoms with E-state index in [1.165, 1.54) is 23.3 Å². The number of carbonyl (C=O) groups excluding carboxylic acids is 4. The lowest BCUT2D eigenvalue weighted by atomic mass is 9.85. The summed E-state index contributed by atoms with van der Waals surface area (Å²) in [7, 11) is 1.21. The van der Waals surface area contributed by atoms with E-state index in [-0.39, 0.29) is 25.5 Å². The van der Waals surface area contributed by atoms with E-state index < -0.39 is 59.8 Å². The Morgan fingerprint density at radius 3 is 2.18 bits per heavy atom. The molecule has 14 heteroatoms. The van der Waals surface area contributed by atoms with Crippen LogP contribution in [0.5, 0.6) is 0 Å². The standard InChI is InChI=1S/C36H50N6O7S/c1-8-49-35(47)40-29(22(2)3)33(45)42(31(37)25-16-14-24(15-17-25)28-19-38-21-50-28)20-27(43)26(18-23-12-10-9-11-13-23)39-32(44)30(36(4,5)6)41-34(46)48-7/h9-17,19,21-22,26-27,29-31,43H,8,18,20,37H2,1-7H3,(H,39,44)(H,40,47)(H,41,46)/t26-,27-,29-,30+,31?/m0/s1. The van der Waals surface area contributed by atoms with Gasteiger partial charge in [-0.15, -0.1) is 11.3 Å². The minimum atomic E-state index is -1.35. The first-order valence-electron chi connectivity index (χ1n) is 16.5. The van der Waals surface area contributed by atoms with E-state index in [0.717, 1.165) is 16.0 Å². The zero-order valence-corrected chi connectivity index (χ0v) is 30.5. The number of ether oxygens (including phenoxy) is 2. The molecule has 4 amide bonds. The number of aliphatic hydroxyl groups is 1. The van der Waals surface area contributed by atoms with E-state index in [0.29, 0.717) is 5.56 Å². The second-order valence-corrected chi connectivity index (χ2v) is 14.2. The number of alkyl carbamates (subject to hydrolysis) is 2. The van der Waals surface area contributed by atoms with Gasteiger partial charge in [-0.1, -0.05) is 89.2 Å². The third-order valence-corrected chi connectivity index (χ3v) is 8.94. The van der Waals surface area contributed by atoms with Gasteiger partial charge in [0.25, 0.3) is 0 Å². The molecule has 0 saturated heterocycles. The van der Waals surface area contributed by atoms with Crippen molar-refractivity contribution in [3.8, 4) is 10.4 Å². The molecule has 0 spiro atoms. The highest BCUT2D eigenvalue weighted by atomic mass is 32.1. The normalized spacial score (nSPS) is 14.4. The molecule has 5 atom stereocenters. The number of aromatic nitrogens is 1. The zero-order chi connectivity index (χ0) is 37.0. The number of nitrogens with one attached hydrogen (secondary N) is 3. The number of rotatable bonds is 15. The van der Waals surface area contributed by atoms with Crippen molar-refractivity contribution in [2.75, 3.05) is 20.3 Å². The van der Waals surface area contributed by atoms with Crippen LogP contribution in [0.2, 0.25) is 0 Å². The summed E-state index contributed by atoms with van der Waals surface area (Å²) in [6.07, 6.45) is -1.99. The Balaban J connectivity index is 2.01. The quantitative estimate of drug-likeness (QED) is 0.144. The number of benzene rings is 2. The highest BCUT2D eigenvalue weighted by Gasteiger charge is 2.38. The van der Waals surface area contributed by atoms with Gasteiger partial charge in [0, 0.05) is 6.20 Å². The van der Waals surface area contributed by atoms with Gasteiger partial charge in [0.2, 0.25) is 11.8 Å². The first kappa shape index (κ1) is 39.9. The van der Waals surface area contributed by atoms with E-state index in [2.05, 4.69) is 20.9 Å². The van der Waals surface area contributed by atoms with Crippen molar-refractivity contribution in [1.82, 2.24) is 25.8 Å². The molecule has 50 heavy (non-hydrogen) atoms. The van der Waals surface area contributed by atoms with Crippen molar-refractivity contribution in [3.05, 3.63) is 77.4 Å². The van der Waals surface area contributed by atoms with E-state index in [1.807, 2.05) is 42.5 Å². The molecule has 0 radical (unpaired) electrons. The van der Waals surface area contributed by atoms with Gasteiger partial charge >= 0.3 is 12.2 Å². The fourth-order valence-corrected chi connectivity index (χ4v) is 5.94. The minimum Gasteiger partial charge on any atom is -0.453 e. The number of carbonyl (C=O) groups is 4. The lowest BCUT2D eigenvalue weighted by molar-refractivity contribution is -0.139. The predicted octanol–water partition coefficient (Wildman–Crippen LogP) is 4.23. The van der Waals surface area contributed by atoms with Gasteiger partial charge in [0.05, 0.1) is 42.8 Å². The maximum absolute atomic E-state index is 14.3.